The van der Waals surface area contributed by atoms with E-state index in [1.165, 1.54) is 11.8 Å². The van der Waals surface area contributed by atoms with Gasteiger partial charge in [0.2, 0.25) is 5.91 Å². The molecule has 0 bridgehead atoms. The zero-order valence-electron chi connectivity index (χ0n) is 16.5. The average Bonchev–Trinajstić information content (AvgIpc) is 2.75. The molecule has 0 saturated heterocycles. The Balaban J connectivity index is 1.56. The van der Waals surface area contributed by atoms with E-state index >= 15 is 0 Å². The minimum atomic E-state index is -0.303. The number of thioether (sulfide) groups is 1. The highest BCUT2D eigenvalue weighted by atomic mass is 35.5. The van der Waals surface area contributed by atoms with Gasteiger partial charge in [-0.3, -0.25) is 9.59 Å². The van der Waals surface area contributed by atoms with Gasteiger partial charge in [-0.25, -0.2) is 0 Å². The Morgan fingerprint density at radius 2 is 1.67 bits per heavy atom. The highest BCUT2D eigenvalue weighted by Crippen LogP contribution is 2.26. The van der Waals surface area contributed by atoms with Crippen LogP contribution in [0.2, 0.25) is 5.02 Å². The van der Waals surface area contributed by atoms with Crippen LogP contribution in [0.1, 0.15) is 17.3 Å². The second kappa shape index (κ2) is 10.2. The van der Waals surface area contributed by atoms with Crippen LogP contribution in [0.4, 0.5) is 11.4 Å². The van der Waals surface area contributed by atoms with Crippen LogP contribution in [-0.4, -0.2) is 24.2 Å². The first-order valence-corrected chi connectivity index (χ1v) is 10.5. The molecule has 0 aliphatic rings. The Labute approximate surface area is 184 Å². The quantitative estimate of drug-likeness (QED) is 0.461. The van der Waals surface area contributed by atoms with Crippen molar-refractivity contribution in [2.75, 3.05) is 17.7 Å². The van der Waals surface area contributed by atoms with Crippen molar-refractivity contribution in [3.8, 4) is 5.75 Å². The van der Waals surface area contributed by atoms with Crippen molar-refractivity contribution in [1.82, 2.24) is 0 Å². The van der Waals surface area contributed by atoms with Crippen LogP contribution in [0.3, 0.4) is 0 Å². The summed E-state index contributed by atoms with van der Waals surface area (Å²) in [5.74, 6) is 0.346. The van der Waals surface area contributed by atoms with E-state index in [1.807, 2.05) is 37.3 Å². The summed E-state index contributed by atoms with van der Waals surface area (Å²) in [6.07, 6.45) is 0. The molecule has 7 heteroatoms. The van der Waals surface area contributed by atoms with Crippen molar-refractivity contribution in [1.29, 1.82) is 0 Å². The summed E-state index contributed by atoms with van der Waals surface area (Å²) >= 11 is 7.36. The van der Waals surface area contributed by atoms with Crippen molar-refractivity contribution in [3.63, 3.8) is 0 Å². The van der Waals surface area contributed by atoms with Crippen LogP contribution < -0.4 is 15.4 Å². The Kier molecular flexibility index (Phi) is 7.38. The molecule has 0 aliphatic heterocycles. The highest BCUT2D eigenvalue weighted by Gasteiger charge is 2.15. The van der Waals surface area contributed by atoms with E-state index in [9.17, 15) is 9.59 Å². The molecule has 1 unspecified atom stereocenters. The molecule has 1 atom stereocenters. The van der Waals surface area contributed by atoms with Gasteiger partial charge in [0.05, 0.1) is 12.4 Å². The third-order valence-corrected chi connectivity index (χ3v) is 5.57. The molecule has 0 radical (unpaired) electrons. The van der Waals surface area contributed by atoms with Gasteiger partial charge in [-0.1, -0.05) is 23.7 Å². The van der Waals surface area contributed by atoms with E-state index in [0.717, 1.165) is 4.90 Å². The summed E-state index contributed by atoms with van der Waals surface area (Å²) < 4.78 is 5.17. The Bertz CT molecular complexity index is 1040. The maximum absolute atomic E-state index is 12.5. The van der Waals surface area contributed by atoms with E-state index in [-0.39, 0.29) is 17.1 Å². The lowest BCUT2D eigenvalue weighted by atomic mass is 10.2. The molecule has 0 heterocycles. The van der Waals surface area contributed by atoms with Crippen LogP contribution >= 0.6 is 23.4 Å². The molecule has 0 aromatic heterocycles. The van der Waals surface area contributed by atoms with Crippen LogP contribution in [0.25, 0.3) is 0 Å². The molecule has 154 valence electrons. The van der Waals surface area contributed by atoms with E-state index < -0.39 is 0 Å². The number of rotatable bonds is 7. The van der Waals surface area contributed by atoms with E-state index in [2.05, 4.69) is 10.6 Å². The lowest BCUT2D eigenvalue weighted by Crippen LogP contribution is -2.22. The van der Waals surface area contributed by atoms with Crippen molar-refractivity contribution in [2.45, 2.75) is 17.1 Å². The first kappa shape index (κ1) is 21.7. The maximum Gasteiger partial charge on any atom is 0.255 e. The Morgan fingerprint density at radius 1 is 0.933 bits per heavy atom. The third-order valence-electron chi connectivity index (χ3n) is 4.22. The number of ether oxygens (including phenoxy) is 1. The smallest absolute Gasteiger partial charge is 0.255 e. The topological polar surface area (TPSA) is 67.4 Å². The molecular formula is C23H21ClN2O3S. The molecular weight excluding hydrogens is 420 g/mol. The van der Waals surface area contributed by atoms with E-state index in [4.69, 9.17) is 16.3 Å². The molecule has 3 aromatic carbocycles. The van der Waals surface area contributed by atoms with Gasteiger partial charge in [0.15, 0.2) is 0 Å². The fourth-order valence-corrected chi connectivity index (χ4v) is 3.71. The minimum absolute atomic E-state index is 0.105. The predicted octanol–water partition coefficient (Wildman–Crippen LogP) is 5.72. The fourth-order valence-electron chi connectivity index (χ4n) is 2.65. The van der Waals surface area contributed by atoms with Crippen molar-refractivity contribution in [3.05, 3.63) is 83.4 Å². The molecule has 3 aromatic rings. The summed E-state index contributed by atoms with van der Waals surface area (Å²) in [7, 11) is 1.58. The van der Waals surface area contributed by atoms with Crippen LogP contribution in [-0.2, 0) is 4.79 Å². The van der Waals surface area contributed by atoms with Gasteiger partial charge in [-0.15, -0.1) is 11.8 Å². The zero-order chi connectivity index (χ0) is 21.5. The van der Waals surface area contributed by atoms with Crippen LogP contribution in [0.15, 0.2) is 77.7 Å². The lowest BCUT2D eigenvalue weighted by molar-refractivity contribution is -0.115. The Morgan fingerprint density at radius 3 is 2.37 bits per heavy atom. The minimum Gasteiger partial charge on any atom is -0.497 e. The largest absolute Gasteiger partial charge is 0.497 e. The monoisotopic (exact) mass is 440 g/mol. The molecule has 3 rings (SSSR count). The van der Waals surface area contributed by atoms with Crippen LogP contribution in [0.5, 0.6) is 5.75 Å². The second-order valence-electron chi connectivity index (χ2n) is 6.47. The average molecular weight is 441 g/mol. The SMILES string of the molecule is COc1cccc(NC(=O)C(C)Sc2ccc(NC(=O)c3cccc(Cl)c3)cc2)c1. The fraction of sp³-hybridized carbons (Fsp3) is 0.130. The summed E-state index contributed by atoms with van der Waals surface area (Å²) in [4.78, 5) is 25.7. The summed E-state index contributed by atoms with van der Waals surface area (Å²) in [5, 5.41) is 5.93. The van der Waals surface area contributed by atoms with Gasteiger partial charge in [0.1, 0.15) is 5.75 Å². The van der Waals surface area contributed by atoms with Gasteiger partial charge in [-0.2, -0.15) is 0 Å². The number of halogens is 1. The predicted molar refractivity (Wildman–Crippen MR) is 123 cm³/mol. The molecule has 5 nitrogen and oxygen atoms in total. The standard InChI is InChI=1S/C23H21ClN2O3S/c1-15(22(27)26-19-7-4-8-20(14-19)29-2)30-21-11-9-18(10-12-21)25-23(28)16-5-3-6-17(24)13-16/h3-15H,1-2H3,(H,25,28)(H,26,27). The molecule has 0 spiro atoms. The number of amides is 2. The van der Waals surface area contributed by atoms with E-state index in [0.29, 0.717) is 27.7 Å². The number of nitrogens with one attached hydrogen (secondary N) is 2. The lowest BCUT2D eigenvalue weighted by Gasteiger charge is -2.13. The van der Waals surface area contributed by atoms with Crippen molar-refractivity contribution in [2.24, 2.45) is 0 Å². The first-order chi connectivity index (χ1) is 14.4. The number of hydrogen-bond acceptors (Lipinski definition) is 4. The number of carbonyl (C=O) groups is 2. The summed E-state index contributed by atoms with van der Waals surface area (Å²) in [6, 6.07) is 21.3. The molecule has 0 fully saturated rings. The summed E-state index contributed by atoms with van der Waals surface area (Å²) in [6.45, 7) is 1.84. The van der Waals surface area contributed by atoms with E-state index in [1.54, 1.807) is 49.6 Å². The maximum atomic E-state index is 12.5. The van der Waals surface area contributed by atoms with Gasteiger partial charge >= 0.3 is 0 Å². The van der Waals surface area contributed by atoms with Crippen molar-refractivity contribution >= 4 is 46.6 Å². The number of benzene rings is 3. The molecule has 2 amide bonds. The molecule has 0 saturated carbocycles. The number of carbonyl (C=O) groups excluding carboxylic acids is 2. The van der Waals surface area contributed by atoms with Crippen molar-refractivity contribution < 1.29 is 14.3 Å². The Hall–Kier alpha value is -2.96. The highest BCUT2D eigenvalue weighted by molar-refractivity contribution is 8.00. The number of hydrogen-bond donors (Lipinski definition) is 2. The number of anilines is 2. The normalized spacial score (nSPS) is 11.4. The molecule has 0 aliphatic carbocycles. The molecule has 30 heavy (non-hydrogen) atoms. The number of methoxy groups -OCH3 is 1. The molecule has 2 N–H and O–H groups in total. The zero-order valence-corrected chi connectivity index (χ0v) is 18.1. The van der Waals surface area contributed by atoms with Crippen LogP contribution in [0, 0.1) is 0 Å². The first-order valence-electron chi connectivity index (χ1n) is 9.23. The second-order valence-corrected chi connectivity index (χ2v) is 8.32. The van der Waals surface area contributed by atoms with Gasteiger partial charge in [0, 0.05) is 32.9 Å². The third kappa shape index (κ3) is 6.02. The van der Waals surface area contributed by atoms with Gasteiger partial charge < -0.3 is 15.4 Å². The summed E-state index contributed by atoms with van der Waals surface area (Å²) in [5.41, 5.74) is 1.84. The van der Waals surface area contributed by atoms with Gasteiger partial charge in [-0.05, 0) is 61.5 Å². The van der Waals surface area contributed by atoms with Gasteiger partial charge in [0.25, 0.3) is 5.91 Å².